The molecule has 238 valence electrons. The van der Waals surface area contributed by atoms with E-state index in [9.17, 15) is 14.4 Å². The first kappa shape index (κ1) is 30.9. The Hall–Kier alpha value is -5.13. The number of rotatable bonds is 10. The lowest BCUT2D eigenvalue weighted by Crippen LogP contribution is -2.55. The Morgan fingerprint density at radius 1 is 1.09 bits per heavy atom. The van der Waals surface area contributed by atoms with E-state index in [0.29, 0.717) is 24.3 Å². The predicted octanol–water partition coefficient (Wildman–Crippen LogP) is 5.26. The summed E-state index contributed by atoms with van der Waals surface area (Å²) in [7, 11) is 2.00. The highest BCUT2D eigenvalue weighted by molar-refractivity contribution is 6.05. The number of anilines is 1. The molecular formula is C34H37N7O5. The van der Waals surface area contributed by atoms with Gasteiger partial charge in [0.25, 0.3) is 11.8 Å². The van der Waals surface area contributed by atoms with Crippen LogP contribution in [-0.4, -0.2) is 59.5 Å². The molecule has 0 unspecified atom stereocenters. The molecule has 4 aromatic rings. The maximum atomic E-state index is 13.8. The van der Waals surface area contributed by atoms with Gasteiger partial charge in [0.1, 0.15) is 16.9 Å². The van der Waals surface area contributed by atoms with Crippen LogP contribution in [0, 0.1) is 0 Å². The number of carbonyl (C=O) groups is 3. The first-order valence-corrected chi connectivity index (χ1v) is 15.7. The first-order valence-electron chi connectivity index (χ1n) is 15.7. The highest BCUT2D eigenvalue weighted by atomic mass is 16.5. The Bertz CT molecular complexity index is 1810. The van der Waals surface area contributed by atoms with Gasteiger partial charge in [0.15, 0.2) is 5.82 Å². The summed E-state index contributed by atoms with van der Waals surface area (Å²) in [6.45, 7) is 2.04. The molecular weight excluding hydrogens is 586 g/mol. The summed E-state index contributed by atoms with van der Waals surface area (Å²) in [5, 5.41) is 15.9. The van der Waals surface area contributed by atoms with Crippen molar-refractivity contribution < 1.29 is 24.2 Å². The fourth-order valence-electron chi connectivity index (χ4n) is 6.83. The summed E-state index contributed by atoms with van der Waals surface area (Å²) in [6.07, 6.45) is 15.8. The minimum atomic E-state index is -1.13. The molecule has 2 amide bonds. The van der Waals surface area contributed by atoms with Crippen LogP contribution in [0.4, 0.5) is 5.82 Å². The molecule has 2 fully saturated rings. The van der Waals surface area contributed by atoms with Gasteiger partial charge in [-0.1, -0.05) is 31.7 Å². The van der Waals surface area contributed by atoms with E-state index in [0.717, 1.165) is 54.1 Å². The van der Waals surface area contributed by atoms with E-state index < -0.39 is 17.4 Å². The minimum Gasteiger partial charge on any atom is -0.478 e. The van der Waals surface area contributed by atoms with E-state index in [1.54, 1.807) is 25.5 Å². The molecule has 3 heterocycles. The molecule has 0 radical (unpaired) electrons. The van der Waals surface area contributed by atoms with Gasteiger partial charge in [-0.3, -0.25) is 19.6 Å². The summed E-state index contributed by atoms with van der Waals surface area (Å²) < 4.78 is 7.63. The second-order valence-electron chi connectivity index (χ2n) is 11.9. The topological polar surface area (TPSA) is 161 Å². The molecule has 2 aliphatic carbocycles. The van der Waals surface area contributed by atoms with Crippen molar-refractivity contribution in [3.8, 4) is 17.3 Å². The van der Waals surface area contributed by atoms with Crippen LogP contribution in [0.1, 0.15) is 85.8 Å². The van der Waals surface area contributed by atoms with Crippen molar-refractivity contribution in [2.75, 3.05) is 11.9 Å². The zero-order valence-electron chi connectivity index (χ0n) is 26.0. The number of aliphatic carboxylic acids is 1. The number of carboxylic acids is 1. The molecule has 0 spiro atoms. The molecule has 12 nitrogen and oxygen atoms in total. The standard InChI is InChI=1S/C34H37N7O5/c1-3-46-32-24(12-13-28(42)43)37-20-27(38-32)39-33(45)34(14-6-7-15-34)40-31(44)22-10-11-23-26(18-22)41(2)30(25-19-35-16-17-36-25)29(23)21-8-4-5-9-21/h10-13,16-21H,3-9,14-15H2,1-2H3,(H,40,44)(H,42,43)(H,38,39,45)/b13-12+. The Balaban J connectivity index is 1.28. The number of carboxylic acid groups (broad SMARTS) is 1. The van der Waals surface area contributed by atoms with E-state index in [4.69, 9.17) is 9.84 Å². The lowest BCUT2D eigenvalue weighted by atomic mass is 9.93. The largest absolute Gasteiger partial charge is 0.478 e. The average molecular weight is 624 g/mol. The monoisotopic (exact) mass is 623 g/mol. The highest BCUT2D eigenvalue weighted by Crippen LogP contribution is 2.44. The van der Waals surface area contributed by atoms with Crippen LogP contribution in [0.15, 0.2) is 49.1 Å². The number of hydrogen-bond acceptors (Lipinski definition) is 8. The summed E-state index contributed by atoms with van der Waals surface area (Å²) in [6, 6.07) is 5.75. The highest BCUT2D eigenvalue weighted by Gasteiger charge is 2.43. The molecule has 3 N–H and O–H groups in total. The lowest BCUT2D eigenvalue weighted by Gasteiger charge is -2.29. The van der Waals surface area contributed by atoms with Crippen LogP contribution in [0.5, 0.6) is 5.88 Å². The summed E-state index contributed by atoms with van der Waals surface area (Å²) in [5.41, 5.74) is 3.56. The van der Waals surface area contributed by atoms with Crippen molar-refractivity contribution in [1.29, 1.82) is 0 Å². The van der Waals surface area contributed by atoms with E-state index in [-0.39, 0.29) is 29.9 Å². The van der Waals surface area contributed by atoms with Gasteiger partial charge in [-0.15, -0.1) is 0 Å². The van der Waals surface area contributed by atoms with Crippen molar-refractivity contribution in [1.82, 2.24) is 29.8 Å². The fraction of sp³-hybridized carbons (Fsp3) is 0.382. The Morgan fingerprint density at radius 2 is 1.87 bits per heavy atom. The Kier molecular flexibility index (Phi) is 8.78. The maximum Gasteiger partial charge on any atom is 0.328 e. The minimum absolute atomic E-state index is 0.0935. The molecule has 0 bridgehead atoms. The van der Waals surface area contributed by atoms with Crippen molar-refractivity contribution in [2.45, 2.75) is 69.7 Å². The van der Waals surface area contributed by atoms with Crippen LogP contribution in [0.3, 0.4) is 0 Å². The van der Waals surface area contributed by atoms with E-state index in [2.05, 4.69) is 35.1 Å². The van der Waals surface area contributed by atoms with Gasteiger partial charge in [0.05, 0.1) is 24.7 Å². The molecule has 12 heteroatoms. The molecule has 3 aromatic heterocycles. The predicted molar refractivity (Wildman–Crippen MR) is 172 cm³/mol. The SMILES string of the molecule is CCOc1nc(NC(=O)C2(NC(=O)c3ccc4c(C5CCCC5)c(-c5cnccn5)n(C)c4c3)CCCC2)cnc1/C=C/C(=O)O. The molecule has 46 heavy (non-hydrogen) atoms. The van der Waals surface area contributed by atoms with E-state index >= 15 is 0 Å². The van der Waals surface area contributed by atoms with Gasteiger partial charge >= 0.3 is 5.97 Å². The third kappa shape index (κ3) is 6.07. The normalized spacial score (nSPS) is 16.2. The van der Waals surface area contributed by atoms with Gasteiger partial charge in [-0.05, 0) is 62.3 Å². The van der Waals surface area contributed by atoms with E-state index in [1.807, 2.05) is 25.2 Å². The molecule has 6 rings (SSSR count). The van der Waals surface area contributed by atoms with Gasteiger partial charge in [0.2, 0.25) is 5.88 Å². The number of carbonyl (C=O) groups excluding carboxylic acids is 2. The second kappa shape index (κ2) is 13.1. The molecule has 0 saturated heterocycles. The van der Waals surface area contributed by atoms with Gasteiger partial charge < -0.3 is 25.0 Å². The van der Waals surface area contributed by atoms with Crippen molar-refractivity contribution in [3.05, 3.63) is 65.9 Å². The third-order valence-electron chi connectivity index (χ3n) is 8.99. The zero-order valence-corrected chi connectivity index (χ0v) is 26.0. The van der Waals surface area contributed by atoms with Crippen LogP contribution < -0.4 is 15.4 Å². The number of hydrogen-bond donors (Lipinski definition) is 3. The number of fused-ring (bicyclic) bond motifs is 1. The molecule has 0 atom stereocenters. The number of nitrogens with one attached hydrogen (secondary N) is 2. The van der Waals surface area contributed by atoms with Crippen molar-refractivity contribution >= 4 is 40.6 Å². The fourth-order valence-corrected chi connectivity index (χ4v) is 6.83. The second-order valence-corrected chi connectivity index (χ2v) is 11.9. The summed E-state index contributed by atoms with van der Waals surface area (Å²) in [4.78, 5) is 56.0. The molecule has 0 aliphatic heterocycles. The molecule has 2 saturated carbocycles. The van der Waals surface area contributed by atoms with Crippen molar-refractivity contribution in [3.63, 3.8) is 0 Å². The van der Waals surface area contributed by atoms with E-state index in [1.165, 1.54) is 30.7 Å². The molecule has 2 aliphatic rings. The number of ether oxygens (including phenoxy) is 1. The summed E-state index contributed by atoms with van der Waals surface area (Å²) in [5.74, 6) is -1.21. The number of aryl methyl sites for hydroxylation is 1. The first-order chi connectivity index (χ1) is 22.3. The maximum absolute atomic E-state index is 13.8. The van der Waals surface area contributed by atoms with Gasteiger partial charge in [-0.25, -0.2) is 9.78 Å². The average Bonchev–Trinajstić information content (AvgIpc) is 3.82. The zero-order chi connectivity index (χ0) is 32.3. The third-order valence-corrected chi connectivity index (χ3v) is 8.99. The smallest absolute Gasteiger partial charge is 0.328 e. The number of nitrogens with zero attached hydrogens (tertiary/aromatic N) is 5. The Morgan fingerprint density at radius 3 is 2.57 bits per heavy atom. The number of benzene rings is 1. The van der Waals surface area contributed by atoms with Crippen LogP contribution in [0.2, 0.25) is 0 Å². The number of amides is 2. The van der Waals surface area contributed by atoms with Crippen LogP contribution in [0.25, 0.3) is 28.4 Å². The van der Waals surface area contributed by atoms with Gasteiger partial charge in [0, 0.05) is 42.0 Å². The van der Waals surface area contributed by atoms with Crippen LogP contribution in [-0.2, 0) is 16.6 Å². The van der Waals surface area contributed by atoms with Gasteiger partial charge in [-0.2, -0.15) is 4.98 Å². The number of aromatic nitrogens is 5. The quantitative estimate of drug-likeness (QED) is 0.200. The molecule has 1 aromatic carbocycles. The lowest BCUT2D eigenvalue weighted by molar-refractivity contribution is -0.131. The summed E-state index contributed by atoms with van der Waals surface area (Å²) >= 11 is 0. The van der Waals surface area contributed by atoms with Crippen molar-refractivity contribution in [2.24, 2.45) is 7.05 Å². The Labute approximate surface area is 266 Å². The van der Waals surface area contributed by atoms with Crippen LogP contribution >= 0.6 is 0 Å².